The molecule has 0 spiro atoms. The molecule has 3 heteroatoms. The summed E-state index contributed by atoms with van der Waals surface area (Å²) in [7, 11) is 0. The summed E-state index contributed by atoms with van der Waals surface area (Å²) in [5, 5.41) is 5.62. The van der Waals surface area contributed by atoms with Gasteiger partial charge in [0.05, 0.1) is 13.2 Å². The Morgan fingerprint density at radius 3 is 2.78 bits per heavy atom. The maximum Gasteiger partial charge on any atom is 0.0529 e. The first-order valence-corrected chi connectivity index (χ1v) is 7.68. The first kappa shape index (κ1) is 15.7. The third-order valence-electron chi connectivity index (χ3n) is 2.72. The van der Waals surface area contributed by atoms with E-state index >= 15 is 0 Å². The molecule has 1 aromatic rings. The summed E-state index contributed by atoms with van der Waals surface area (Å²) in [4.78, 5) is 1.41. The molecule has 0 saturated heterocycles. The topological polar surface area (TPSA) is 21.3 Å². The Bertz CT molecular complexity index is 306. The van der Waals surface area contributed by atoms with Gasteiger partial charge in [-0.2, -0.15) is 0 Å². The maximum absolute atomic E-state index is 5.80. The molecule has 0 fully saturated rings. The van der Waals surface area contributed by atoms with Gasteiger partial charge in [-0.1, -0.05) is 33.8 Å². The summed E-state index contributed by atoms with van der Waals surface area (Å²) < 4.78 is 5.80. The minimum atomic E-state index is 0.213. The van der Waals surface area contributed by atoms with E-state index in [2.05, 4.69) is 50.5 Å². The number of nitrogens with one attached hydrogen (secondary N) is 1. The van der Waals surface area contributed by atoms with Gasteiger partial charge in [0.2, 0.25) is 0 Å². The first-order chi connectivity index (χ1) is 8.49. The standard InChI is InChI=1S/C15H27NOS/c1-13(2)10-16-11-15(3,4)12-17-8-7-14-6-5-9-18-14/h5-6,9,13,16H,7-8,10-12H2,1-4H3. The SMILES string of the molecule is CC(C)CNCC(C)(C)COCCc1cccs1. The molecule has 2 nitrogen and oxygen atoms in total. The molecule has 0 atom stereocenters. The van der Waals surface area contributed by atoms with Crippen molar-refractivity contribution >= 4 is 11.3 Å². The van der Waals surface area contributed by atoms with E-state index in [1.807, 2.05) is 0 Å². The molecule has 1 rings (SSSR count). The highest BCUT2D eigenvalue weighted by Gasteiger charge is 2.17. The van der Waals surface area contributed by atoms with Gasteiger partial charge in [-0.05, 0) is 23.9 Å². The summed E-state index contributed by atoms with van der Waals surface area (Å²) in [5.74, 6) is 0.709. The highest BCUT2D eigenvalue weighted by atomic mass is 32.1. The second-order valence-electron chi connectivity index (χ2n) is 6.07. The monoisotopic (exact) mass is 269 g/mol. The molecule has 0 aromatic carbocycles. The smallest absolute Gasteiger partial charge is 0.0529 e. The lowest BCUT2D eigenvalue weighted by Crippen LogP contribution is -2.35. The minimum Gasteiger partial charge on any atom is -0.380 e. The van der Waals surface area contributed by atoms with Gasteiger partial charge < -0.3 is 10.1 Å². The van der Waals surface area contributed by atoms with Gasteiger partial charge in [-0.25, -0.2) is 0 Å². The van der Waals surface area contributed by atoms with Gasteiger partial charge in [0, 0.05) is 23.3 Å². The molecular weight excluding hydrogens is 242 g/mol. The molecule has 0 saturated carbocycles. The van der Waals surface area contributed by atoms with Crippen molar-refractivity contribution in [3.05, 3.63) is 22.4 Å². The molecule has 1 aromatic heterocycles. The Hall–Kier alpha value is -0.380. The summed E-state index contributed by atoms with van der Waals surface area (Å²) in [6, 6.07) is 4.27. The molecule has 0 radical (unpaired) electrons. The number of hydrogen-bond donors (Lipinski definition) is 1. The van der Waals surface area contributed by atoms with Crippen molar-refractivity contribution in [1.29, 1.82) is 0 Å². The van der Waals surface area contributed by atoms with Crippen LogP contribution < -0.4 is 5.32 Å². The van der Waals surface area contributed by atoms with Crippen LogP contribution in [0.2, 0.25) is 0 Å². The zero-order valence-corrected chi connectivity index (χ0v) is 13.0. The van der Waals surface area contributed by atoms with Crippen molar-refractivity contribution in [3.8, 4) is 0 Å². The van der Waals surface area contributed by atoms with Crippen molar-refractivity contribution in [3.63, 3.8) is 0 Å². The number of ether oxygens (including phenoxy) is 1. The summed E-state index contributed by atoms with van der Waals surface area (Å²) >= 11 is 1.81. The van der Waals surface area contributed by atoms with Crippen LogP contribution >= 0.6 is 11.3 Å². The van der Waals surface area contributed by atoms with Gasteiger partial charge in [-0.3, -0.25) is 0 Å². The van der Waals surface area contributed by atoms with E-state index in [1.165, 1.54) is 4.88 Å². The van der Waals surface area contributed by atoms with E-state index in [0.717, 1.165) is 32.7 Å². The van der Waals surface area contributed by atoms with Gasteiger partial charge in [0.15, 0.2) is 0 Å². The number of hydrogen-bond acceptors (Lipinski definition) is 3. The predicted octanol–water partition coefficient (Wildman–Crippen LogP) is 3.58. The molecule has 18 heavy (non-hydrogen) atoms. The van der Waals surface area contributed by atoms with Crippen LogP contribution in [-0.2, 0) is 11.2 Å². The van der Waals surface area contributed by atoms with Crippen molar-refractivity contribution in [2.45, 2.75) is 34.1 Å². The average molecular weight is 269 g/mol. The van der Waals surface area contributed by atoms with Crippen LogP contribution in [0.15, 0.2) is 17.5 Å². The molecule has 104 valence electrons. The zero-order chi connectivity index (χ0) is 13.4. The zero-order valence-electron chi connectivity index (χ0n) is 12.2. The van der Waals surface area contributed by atoms with E-state index in [-0.39, 0.29) is 5.41 Å². The summed E-state index contributed by atoms with van der Waals surface area (Å²) in [5.41, 5.74) is 0.213. The fourth-order valence-corrected chi connectivity index (χ4v) is 2.42. The lowest BCUT2D eigenvalue weighted by molar-refractivity contribution is 0.0640. The van der Waals surface area contributed by atoms with E-state index in [1.54, 1.807) is 11.3 Å². The van der Waals surface area contributed by atoms with Crippen LogP contribution in [0.4, 0.5) is 0 Å². The Morgan fingerprint density at radius 2 is 2.17 bits per heavy atom. The average Bonchev–Trinajstić information content (AvgIpc) is 2.76. The highest BCUT2D eigenvalue weighted by Crippen LogP contribution is 2.15. The fourth-order valence-electron chi connectivity index (χ4n) is 1.73. The highest BCUT2D eigenvalue weighted by molar-refractivity contribution is 7.09. The molecular formula is C15H27NOS. The van der Waals surface area contributed by atoms with Crippen LogP contribution in [0.25, 0.3) is 0 Å². The Kier molecular flexibility index (Phi) is 6.90. The third kappa shape index (κ3) is 7.14. The predicted molar refractivity (Wildman–Crippen MR) is 80.3 cm³/mol. The van der Waals surface area contributed by atoms with Crippen molar-refractivity contribution in [2.75, 3.05) is 26.3 Å². The molecule has 0 aliphatic heterocycles. The first-order valence-electron chi connectivity index (χ1n) is 6.80. The van der Waals surface area contributed by atoms with E-state index in [9.17, 15) is 0 Å². The molecule has 0 amide bonds. The summed E-state index contributed by atoms with van der Waals surface area (Å²) in [6.45, 7) is 12.7. The number of thiophene rings is 1. The maximum atomic E-state index is 5.80. The molecule has 0 bridgehead atoms. The Morgan fingerprint density at radius 1 is 1.39 bits per heavy atom. The minimum absolute atomic E-state index is 0.213. The second-order valence-corrected chi connectivity index (χ2v) is 7.10. The molecule has 0 unspecified atom stereocenters. The summed E-state index contributed by atoms with van der Waals surface area (Å²) in [6.07, 6.45) is 1.03. The van der Waals surface area contributed by atoms with E-state index < -0.39 is 0 Å². The third-order valence-corrected chi connectivity index (χ3v) is 3.66. The van der Waals surface area contributed by atoms with Crippen molar-refractivity contribution in [2.24, 2.45) is 11.3 Å². The molecule has 0 aliphatic carbocycles. The lowest BCUT2D eigenvalue weighted by Gasteiger charge is -2.25. The van der Waals surface area contributed by atoms with E-state index in [0.29, 0.717) is 5.92 Å². The quantitative estimate of drug-likeness (QED) is 0.692. The van der Waals surface area contributed by atoms with Gasteiger partial charge in [0.25, 0.3) is 0 Å². The van der Waals surface area contributed by atoms with Crippen molar-refractivity contribution in [1.82, 2.24) is 5.32 Å². The molecule has 0 aliphatic rings. The van der Waals surface area contributed by atoms with Crippen LogP contribution in [0.5, 0.6) is 0 Å². The Labute approximate surface area is 116 Å². The fraction of sp³-hybridized carbons (Fsp3) is 0.733. The van der Waals surface area contributed by atoms with Gasteiger partial charge >= 0.3 is 0 Å². The normalized spacial score (nSPS) is 12.3. The Balaban J connectivity index is 2.09. The largest absolute Gasteiger partial charge is 0.380 e. The number of rotatable bonds is 9. The molecule has 1 heterocycles. The van der Waals surface area contributed by atoms with Gasteiger partial charge in [0.1, 0.15) is 0 Å². The molecule has 1 N–H and O–H groups in total. The second kappa shape index (κ2) is 7.93. The van der Waals surface area contributed by atoms with Crippen LogP contribution in [0, 0.1) is 11.3 Å². The van der Waals surface area contributed by atoms with Crippen LogP contribution in [0.1, 0.15) is 32.6 Å². The van der Waals surface area contributed by atoms with E-state index in [4.69, 9.17) is 4.74 Å². The van der Waals surface area contributed by atoms with Crippen LogP contribution in [0.3, 0.4) is 0 Å². The van der Waals surface area contributed by atoms with Gasteiger partial charge in [-0.15, -0.1) is 11.3 Å². The lowest BCUT2D eigenvalue weighted by atomic mass is 9.94. The van der Waals surface area contributed by atoms with Crippen molar-refractivity contribution < 1.29 is 4.74 Å². The van der Waals surface area contributed by atoms with Crippen LogP contribution in [-0.4, -0.2) is 26.3 Å².